The molecule has 2 aliphatic rings. The molecule has 1 unspecified atom stereocenters. The van der Waals surface area contributed by atoms with E-state index in [9.17, 15) is 19.5 Å². The Morgan fingerprint density at radius 3 is 2.75 bits per heavy atom. The number of fused-ring (bicyclic) bond motifs is 1. The third kappa shape index (κ3) is 2.36. The van der Waals surface area contributed by atoms with Gasteiger partial charge in [-0.2, -0.15) is 0 Å². The van der Waals surface area contributed by atoms with Gasteiger partial charge in [-0.1, -0.05) is 11.5 Å². The summed E-state index contributed by atoms with van der Waals surface area (Å²) in [7, 11) is 0. The molecule has 1 fully saturated rings. The number of carbonyl (C=O) groups excluding carboxylic acids is 2. The number of amides is 2. The molecule has 7 nitrogen and oxygen atoms in total. The van der Waals surface area contributed by atoms with E-state index in [2.05, 4.69) is 11.5 Å². The van der Waals surface area contributed by atoms with Crippen molar-refractivity contribution in [3.05, 3.63) is 34.4 Å². The fourth-order valence-electron chi connectivity index (χ4n) is 2.17. The van der Waals surface area contributed by atoms with Crippen LogP contribution >= 0.6 is 0 Å². The summed E-state index contributed by atoms with van der Waals surface area (Å²) in [5, 5.41) is 9.22. The number of nitrogens with zero attached hydrogens (tertiary/aromatic N) is 1. The van der Waals surface area contributed by atoms with Crippen molar-refractivity contribution in [1.29, 1.82) is 0 Å². The number of primary amides is 1. The van der Waals surface area contributed by atoms with Gasteiger partial charge in [0, 0.05) is 23.8 Å². The maximum absolute atomic E-state index is 12.2. The highest BCUT2D eigenvalue weighted by Crippen LogP contribution is 2.28. The molecular weight excluding hydrogens is 262 g/mol. The average Bonchev–Trinajstić information content (AvgIpc) is 2.69. The summed E-state index contributed by atoms with van der Waals surface area (Å²) in [6.07, 6.45) is 1.34. The number of rotatable bonds is 5. The minimum absolute atomic E-state index is 0.0337. The molecule has 1 atom stereocenters. The maximum Gasteiger partial charge on any atom is 0.326 e. The first-order valence-corrected chi connectivity index (χ1v) is 5.94. The van der Waals surface area contributed by atoms with Crippen LogP contribution in [0.25, 0.3) is 0 Å². The van der Waals surface area contributed by atoms with Crippen LogP contribution in [0.2, 0.25) is 0 Å². The summed E-state index contributed by atoms with van der Waals surface area (Å²) in [4.78, 5) is 35.4. The number of hydrogen-bond acceptors (Lipinski definition) is 4. The van der Waals surface area contributed by atoms with Gasteiger partial charge in [-0.15, -0.1) is 0 Å². The molecule has 0 spiro atoms. The Balaban J connectivity index is 2.27. The molecule has 0 bridgehead atoms. The van der Waals surface area contributed by atoms with Crippen molar-refractivity contribution in [2.45, 2.75) is 18.9 Å². The second kappa shape index (κ2) is 5.09. The summed E-state index contributed by atoms with van der Waals surface area (Å²) in [5.74, 6) is -2.27. The van der Waals surface area contributed by atoms with Gasteiger partial charge < -0.3 is 21.5 Å². The molecule has 0 aromatic heterocycles. The molecule has 5 N–H and O–H groups in total. The van der Waals surface area contributed by atoms with Gasteiger partial charge in [0.15, 0.2) is 0 Å². The van der Waals surface area contributed by atoms with E-state index in [1.165, 1.54) is 6.08 Å². The summed E-state index contributed by atoms with van der Waals surface area (Å²) in [6.45, 7) is 0.0842. The number of carboxylic acid groups (broad SMARTS) is 1. The van der Waals surface area contributed by atoms with Crippen molar-refractivity contribution < 1.29 is 19.5 Å². The van der Waals surface area contributed by atoms with Crippen LogP contribution in [0.4, 0.5) is 0 Å². The van der Waals surface area contributed by atoms with Crippen LogP contribution in [0.5, 0.6) is 0 Å². The molecule has 1 aliphatic carbocycles. The van der Waals surface area contributed by atoms with Crippen molar-refractivity contribution in [1.82, 2.24) is 4.90 Å². The van der Waals surface area contributed by atoms with E-state index >= 15 is 0 Å². The van der Waals surface area contributed by atoms with Gasteiger partial charge in [-0.3, -0.25) is 9.59 Å². The Morgan fingerprint density at radius 1 is 1.50 bits per heavy atom. The van der Waals surface area contributed by atoms with E-state index in [1.807, 2.05) is 0 Å². The predicted molar refractivity (Wildman–Crippen MR) is 67.9 cm³/mol. The summed E-state index contributed by atoms with van der Waals surface area (Å²) in [6, 6.07) is -1.12. The van der Waals surface area contributed by atoms with Gasteiger partial charge >= 0.3 is 5.97 Å². The first-order chi connectivity index (χ1) is 9.41. The molecule has 1 heterocycles. The van der Waals surface area contributed by atoms with Gasteiger partial charge in [0.05, 0.1) is 12.1 Å². The van der Waals surface area contributed by atoms with Gasteiger partial charge in [0.1, 0.15) is 6.04 Å². The lowest BCUT2D eigenvalue weighted by atomic mass is 10.1. The van der Waals surface area contributed by atoms with E-state index < -0.39 is 23.8 Å². The Labute approximate surface area is 114 Å². The number of allylic oxidation sites excluding steroid dienone is 1. The van der Waals surface area contributed by atoms with Gasteiger partial charge in [-0.25, -0.2) is 4.79 Å². The number of hydrogen-bond donors (Lipinski definition) is 3. The maximum atomic E-state index is 12.2. The average molecular weight is 275 g/mol. The standard InChI is InChI=1S/C13H13N3O4/c14-9-3-1-2-7-8(9)6-16(12(7)18)10(13(19)20)4-5-11(15)17/h3,10H,4-6,14H2,(H2,15,17)(H,19,20). The smallest absolute Gasteiger partial charge is 0.326 e. The molecular formula is C13H13N3O4. The molecule has 2 amide bonds. The zero-order valence-corrected chi connectivity index (χ0v) is 10.5. The molecule has 1 saturated heterocycles. The molecule has 2 rings (SSSR count). The van der Waals surface area contributed by atoms with Crippen molar-refractivity contribution >= 4 is 17.8 Å². The Bertz CT molecular complexity index is 634. The number of carboxylic acids is 1. The second-order valence-electron chi connectivity index (χ2n) is 4.51. The summed E-state index contributed by atoms with van der Waals surface area (Å²) >= 11 is 0. The highest BCUT2D eigenvalue weighted by atomic mass is 16.4. The topological polar surface area (TPSA) is 127 Å². The zero-order chi connectivity index (χ0) is 14.9. The minimum atomic E-state index is -1.19. The molecule has 0 aromatic carbocycles. The quantitative estimate of drug-likeness (QED) is 0.555. The Hall–Kier alpha value is -2.75. The number of nitrogens with two attached hydrogens (primary N) is 2. The van der Waals surface area contributed by atoms with Crippen LogP contribution < -0.4 is 11.5 Å². The second-order valence-corrected chi connectivity index (χ2v) is 4.51. The number of likely N-dealkylation sites (tertiary alicyclic amines) is 1. The highest BCUT2D eigenvalue weighted by molar-refractivity contribution is 6.03. The van der Waals surface area contributed by atoms with E-state index in [1.54, 1.807) is 0 Å². The highest BCUT2D eigenvalue weighted by Gasteiger charge is 2.39. The van der Waals surface area contributed by atoms with Crippen molar-refractivity contribution in [2.75, 3.05) is 6.54 Å². The van der Waals surface area contributed by atoms with Crippen molar-refractivity contribution in [2.24, 2.45) is 11.5 Å². The minimum Gasteiger partial charge on any atom is -0.480 e. The third-order valence-electron chi connectivity index (χ3n) is 3.20. The normalized spacial score (nSPS) is 18.1. The van der Waals surface area contributed by atoms with E-state index in [-0.39, 0.29) is 25.0 Å². The first kappa shape index (κ1) is 13.7. The Morgan fingerprint density at radius 2 is 2.20 bits per heavy atom. The monoisotopic (exact) mass is 275 g/mol. The first-order valence-electron chi connectivity index (χ1n) is 5.94. The lowest BCUT2D eigenvalue weighted by Gasteiger charge is -2.23. The lowest BCUT2D eigenvalue weighted by molar-refractivity contribution is -0.148. The Kier molecular flexibility index (Phi) is 3.48. The van der Waals surface area contributed by atoms with E-state index in [4.69, 9.17) is 11.5 Å². The fourth-order valence-corrected chi connectivity index (χ4v) is 2.17. The van der Waals surface area contributed by atoms with E-state index in [0.717, 1.165) is 4.90 Å². The molecule has 20 heavy (non-hydrogen) atoms. The van der Waals surface area contributed by atoms with Crippen LogP contribution in [0.15, 0.2) is 34.4 Å². The molecule has 0 radical (unpaired) electrons. The van der Waals surface area contributed by atoms with Gasteiger partial charge in [0.2, 0.25) is 5.91 Å². The fraction of sp³-hybridized carbons (Fsp3) is 0.308. The lowest BCUT2D eigenvalue weighted by Crippen LogP contribution is -2.42. The van der Waals surface area contributed by atoms with Crippen LogP contribution in [0, 0.1) is 0 Å². The number of carbonyl (C=O) groups is 3. The van der Waals surface area contributed by atoms with Gasteiger partial charge in [0.25, 0.3) is 5.91 Å². The van der Waals surface area contributed by atoms with Crippen molar-refractivity contribution in [3.8, 4) is 0 Å². The third-order valence-corrected chi connectivity index (χ3v) is 3.20. The van der Waals surface area contributed by atoms with Crippen LogP contribution in [-0.4, -0.2) is 40.4 Å². The molecule has 0 saturated carbocycles. The molecule has 1 aliphatic heterocycles. The van der Waals surface area contributed by atoms with Gasteiger partial charge in [-0.05, 0) is 6.42 Å². The zero-order valence-electron chi connectivity index (χ0n) is 10.5. The summed E-state index contributed by atoms with van der Waals surface area (Å²) < 4.78 is 0. The largest absolute Gasteiger partial charge is 0.480 e. The predicted octanol–water partition coefficient (Wildman–Crippen LogP) is -0.990. The summed E-state index contributed by atoms with van der Waals surface area (Å²) in [5.41, 5.74) is 17.2. The molecule has 104 valence electrons. The van der Waals surface area contributed by atoms with Crippen LogP contribution in [0.3, 0.4) is 0 Å². The molecule has 7 heteroatoms. The van der Waals surface area contributed by atoms with E-state index in [0.29, 0.717) is 11.3 Å². The SMILES string of the molecule is NC(=O)CCC(C(=O)O)N1CC2=C(N)C=C=C=C2C1=O. The number of aliphatic carboxylic acids is 1. The van der Waals surface area contributed by atoms with Crippen molar-refractivity contribution in [3.63, 3.8) is 0 Å². The molecule has 0 aromatic rings. The van der Waals surface area contributed by atoms with Crippen LogP contribution in [-0.2, 0) is 14.4 Å². The van der Waals surface area contributed by atoms with Crippen LogP contribution in [0.1, 0.15) is 12.8 Å².